The second kappa shape index (κ2) is 6.09. The Labute approximate surface area is 119 Å². The van der Waals surface area contributed by atoms with Gasteiger partial charge in [-0.05, 0) is 48.7 Å². The zero-order valence-electron chi connectivity index (χ0n) is 11.2. The molecule has 3 heteroatoms. The highest BCUT2D eigenvalue weighted by Gasteiger charge is 2.11. The summed E-state index contributed by atoms with van der Waals surface area (Å²) >= 11 is 5.96. The van der Waals surface area contributed by atoms with Gasteiger partial charge in [-0.25, -0.2) is 0 Å². The van der Waals surface area contributed by atoms with E-state index in [2.05, 4.69) is 31.3 Å². The van der Waals surface area contributed by atoms with E-state index < -0.39 is 0 Å². The first-order valence-corrected chi connectivity index (χ1v) is 6.68. The Bertz CT molecular complexity index is 568. The molecule has 0 bridgehead atoms. The molecule has 0 amide bonds. The van der Waals surface area contributed by atoms with Crippen molar-refractivity contribution in [3.63, 3.8) is 0 Å². The normalized spacial score (nSPS) is 12.2. The number of anilines is 1. The summed E-state index contributed by atoms with van der Waals surface area (Å²) < 4.78 is 0. The molecular formula is C16H18ClNO. The van der Waals surface area contributed by atoms with Crippen LogP contribution in [0.5, 0.6) is 0 Å². The molecule has 0 aliphatic heterocycles. The van der Waals surface area contributed by atoms with Crippen LogP contribution in [0.3, 0.4) is 0 Å². The van der Waals surface area contributed by atoms with E-state index in [-0.39, 0.29) is 12.6 Å². The fourth-order valence-electron chi connectivity index (χ4n) is 2.00. The maximum absolute atomic E-state index is 9.57. The summed E-state index contributed by atoms with van der Waals surface area (Å²) in [5.41, 5.74) is 4.46. The molecule has 2 N–H and O–H groups in total. The summed E-state index contributed by atoms with van der Waals surface area (Å²) in [6.07, 6.45) is 0. The zero-order chi connectivity index (χ0) is 13.8. The SMILES string of the molecule is Cc1ccc(C(CO)Nc2cccc(Cl)c2)cc1C. The van der Waals surface area contributed by atoms with Crippen molar-refractivity contribution < 1.29 is 5.11 Å². The minimum atomic E-state index is -0.127. The molecule has 0 saturated heterocycles. The zero-order valence-corrected chi connectivity index (χ0v) is 11.9. The van der Waals surface area contributed by atoms with E-state index in [1.807, 2.05) is 30.3 Å². The molecule has 0 aliphatic carbocycles. The van der Waals surface area contributed by atoms with E-state index in [1.165, 1.54) is 11.1 Å². The highest BCUT2D eigenvalue weighted by molar-refractivity contribution is 6.30. The second-order valence-corrected chi connectivity index (χ2v) is 5.17. The van der Waals surface area contributed by atoms with Crippen molar-refractivity contribution in [1.82, 2.24) is 0 Å². The molecule has 2 aromatic rings. The van der Waals surface area contributed by atoms with E-state index in [0.29, 0.717) is 5.02 Å². The van der Waals surface area contributed by atoms with E-state index in [4.69, 9.17) is 11.6 Å². The summed E-state index contributed by atoms with van der Waals surface area (Å²) in [6.45, 7) is 4.19. The maximum atomic E-state index is 9.57. The molecule has 0 fully saturated rings. The van der Waals surface area contributed by atoms with Crippen molar-refractivity contribution in [2.45, 2.75) is 19.9 Å². The topological polar surface area (TPSA) is 32.3 Å². The lowest BCUT2D eigenvalue weighted by atomic mass is 10.0. The number of hydrogen-bond donors (Lipinski definition) is 2. The molecule has 0 spiro atoms. The molecule has 0 aliphatic rings. The standard InChI is InChI=1S/C16H18ClNO/c1-11-6-7-13(8-12(11)2)16(10-19)18-15-5-3-4-14(17)9-15/h3-9,16,18-19H,10H2,1-2H3. The van der Waals surface area contributed by atoms with Crippen LogP contribution in [0.15, 0.2) is 42.5 Å². The molecule has 2 nitrogen and oxygen atoms in total. The lowest BCUT2D eigenvalue weighted by molar-refractivity contribution is 0.276. The number of aliphatic hydroxyl groups excluding tert-OH is 1. The van der Waals surface area contributed by atoms with Crippen molar-refractivity contribution in [3.05, 3.63) is 64.2 Å². The molecule has 100 valence electrons. The van der Waals surface area contributed by atoms with Crippen molar-refractivity contribution in [2.24, 2.45) is 0 Å². The van der Waals surface area contributed by atoms with Gasteiger partial charge in [0.2, 0.25) is 0 Å². The van der Waals surface area contributed by atoms with Gasteiger partial charge in [-0.3, -0.25) is 0 Å². The van der Waals surface area contributed by atoms with Crippen molar-refractivity contribution in [3.8, 4) is 0 Å². The van der Waals surface area contributed by atoms with Crippen LogP contribution in [0.25, 0.3) is 0 Å². The van der Waals surface area contributed by atoms with E-state index in [9.17, 15) is 5.11 Å². The van der Waals surface area contributed by atoms with Crippen LogP contribution in [0.1, 0.15) is 22.7 Å². The van der Waals surface area contributed by atoms with Crippen LogP contribution in [0, 0.1) is 13.8 Å². The third kappa shape index (κ3) is 3.49. The quantitative estimate of drug-likeness (QED) is 0.880. The Morgan fingerprint density at radius 1 is 1.11 bits per heavy atom. The average molecular weight is 276 g/mol. The Morgan fingerprint density at radius 2 is 1.89 bits per heavy atom. The molecule has 0 radical (unpaired) electrons. The Morgan fingerprint density at radius 3 is 2.53 bits per heavy atom. The number of halogens is 1. The minimum absolute atomic E-state index is 0.0367. The smallest absolute Gasteiger partial charge is 0.0745 e. The fourth-order valence-corrected chi connectivity index (χ4v) is 2.19. The van der Waals surface area contributed by atoms with Crippen LogP contribution >= 0.6 is 11.6 Å². The molecule has 1 atom stereocenters. The molecule has 1 unspecified atom stereocenters. The maximum Gasteiger partial charge on any atom is 0.0745 e. The third-order valence-corrected chi connectivity index (χ3v) is 3.52. The summed E-state index contributed by atoms with van der Waals surface area (Å²) in [5, 5.41) is 13.6. The van der Waals surface area contributed by atoms with E-state index >= 15 is 0 Å². The van der Waals surface area contributed by atoms with Crippen molar-refractivity contribution in [2.75, 3.05) is 11.9 Å². The van der Waals surface area contributed by atoms with Crippen LogP contribution < -0.4 is 5.32 Å². The fraction of sp³-hybridized carbons (Fsp3) is 0.250. The monoisotopic (exact) mass is 275 g/mol. The van der Waals surface area contributed by atoms with Gasteiger partial charge >= 0.3 is 0 Å². The molecular weight excluding hydrogens is 258 g/mol. The first-order valence-electron chi connectivity index (χ1n) is 6.30. The minimum Gasteiger partial charge on any atom is -0.394 e. The number of rotatable bonds is 4. The summed E-state index contributed by atoms with van der Waals surface area (Å²) in [6, 6.07) is 13.6. The Kier molecular flexibility index (Phi) is 4.46. The molecule has 0 heterocycles. The summed E-state index contributed by atoms with van der Waals surface area (Å²) in [4.78, 5) is 0. The van der Waals surface area contributed by atoms with Crippen molar-refractivity contribution >= 4 is 17.3 Å². The lowest BCUT2D eigenvalue weighted by Crippen LogP contribution is -2.15. The van der Waals surface area contributed by atoms with Gasteiger partial charge < -0.3 is 10.4 Å². The number of hydrogen-bond acceptors (Lipinski definition) is 2. The van der Waals surface area contributed by atoms with Gasteiger partial charge in [0, 0.05) is 10.7 Å². The predicted octanol–water partition coefficient (Wildman–Crippen LogP) is 4.10. The molecule has 0 saturated carbocycles. The number of aryl methyl sites for hydroxylation is 2. The van der Waals surface area contributed by atoms with Crippen molar-refractivity contribution in [1.29, 1.82) is 0 Å². The van der Waals surface area contributed by atoms with E-state index in [0.717, 1.165) is 11.3 Å². The van der Waals surface area contributed by atoms with Gasteiger partial charge in [-0.15, -0.1) is 0 Å². The Balaban J connectivity index is 2.22. The van der Waals surface area contributed by atoms with Gasteiger partial charge in [-0.2, -0.15) is 0 Å². The van der Waals surface area contributed by atoms with Gasteiger partial charge in [0.25, 0.3) is 0 Å². The van der Waals surface area contributed by atoms with Gasteiger partial charge in [-0.1, -0.05) is 35.9 Å². The predicted molar refractivity (Wildman–Crippen MR) is 80.8 cm³/mol. The molecule has 2 rings (SSSR count). The third-order valence-electron chi connectivity index (χ3n) is 3.28. The van der Waals surface area contributed by atoms with Gasteiger partial charge in [0.05, 0.1) is 12.6 Å². The largest absolute Gasteiger partial charge is 0.394 e. The summed E-state index contributed by atoms with van der Waals surface area (Å²) in [5.74, 6) is 0. The first-order chi connectivity index (χ1) is 9.10. The molecule has 0 aromatic heterocycles. The van der Waals surface area contributed by atoms with Gasteiger partial charge in [0.1, 0.15) is 0 Å². The highest BCUT2D eigenvalue weighted by atomic mass is 35.5. The van der Waals surface area contributed by atoms with E-state index in [1.54, 1.807) is 0 Å². The number of aliphatic hydroxyl groups is 1. The van der Waals surface area contributed by atoms with Crippen LogP contribution in [-0.4, -0.2) is 11.7 Å². The summed E-state index contributed by atoms with van der Waals surface area (Å²) in [7, 11) is 0. The number of benzene rings is 2. The highest BCUT2D eigenvalue weighted by Crippen LogP contribution is 2.23. The van der Waals surface area contributed by atoms with Gasteiger partial charge in [0.15, 0.2) is 0 Å². The lowest BCUT2D eigenvalue weighted by Gasteiger charge is -2.19. The molecule has 19 heavy (non-hydrogen) atoms. The van der Waals surface area contributed by atoms with Crippen LogP contribution in [-0.2, 0) is 0 Å². The van der Waals surface area contributed by atoms with Crippen LogP contribution in [0.2, 0.25) is 5.02 Å². The number of nitrogens with one attached hydrogen (secondary N) is 1. The average Bonchev–Trinajstić information content (AvgIpc) is 2.39. The first kappa shape index (κ1) is 13.9. The Hall–Kier alpha value is -1.51. The van der Waals surface area contributed by atoms with Crippen LogP contribution in [0.4, 0.5) is 5.69 Å². The molecule has 2 aromatic carbocycles. The second-order valence-electron chi connectivity index (χ2n) is 4.73.